The van der Waals surface area contributed by atoms with Crippen molar-refractivity contribution in [2.24, 2.45) is 11.8 Å². The third-order valence-electron chi connectivity index (χ3n) is 3.18. The van der Waals surface area contributed by atoms with E-state index in [4.69, 9.17) is 5.11 Å². The Kier molecular flexibility index (Phi) is 4.93. The fourth-order valence-electron chi connectivity index (χ4n) is 2.19. The summed E-state index contributed by atoms with van der Waals surface area (Å²) in [6.45, 7) is 6.67. The second-order valence-corrected chi connectivity index (χ2v) is 5.17. The van der Waals surface area contributed by atoms with Gasteiger partial charge in [0.25, 0.3) is 0 Å². The van der Waals surface area contributed by atoms with Gasteiger partial charge in [0.05, 0.1) is 5.92 Å². The number of aliphatic carboxylic acids is 1. The summed E-state index contributed by atoms with van der Waals surface area (Å²) in [6.07, 6.45) is 1.25. The van der Waals surface area contributed by atoms with Gasteiger partial charge in [-0.2, -0.15) is 0 Å². The zero-order valence-electron chi connectivity index (χ0n) is 10.7. The van der Waals surface area contributed by atoms with E-state index in [0.717, 1.165) is 13.0 Å². The van der Waals surface area contributed by atoms with Crippen LogP contribution in [0.25, 0.3) is 0 Å². The molecule has 1 rings (SSSR count). The zero-order valence-corrected chi connectivity index (χ0v) is 10.7. The minimum atomic E-state index is -0.953. The predicted molar refractivity (Wildman–Crippen MR) is 64.6 cm³/mol. The second-order valence-electron chi connectivity index (χ2n) is 5.17. The van der Waals surface area contributed by atoms with Gasteiger partial charge in [-0.05, 0) is 32.2 Å². The number of nitrogens with one attached hydrogen (secondary N) is 2. The molecule has 0 spiro atoms. The highest BCUT2D eigenvalue weighted by molar-refractivity contribution is 5.85. The van der Waals surface area contributed by atoms with Gasteiger partial charge in [0.2, 0.25) is 5.91 Å². The highest BCUT2D eigenvalue weighted by atomic mass is 16.4. The van der Waals surface area contributed by atoms with E-state index in [9.17, 15) is 9.59 Å². The van der Waals surface area contributed by atoms with Gasteiger partial charge >= 0.3 is 5.97 Å². The molecule has 3 N–H and O–H groups in total. The maximum Gasteiger partial charge on any atom is 0.326 e. The molecule has 1 aliphatic heterocycles. The summed E-state index contributed by atoms with van der Waals surface area (Å²) in [5, 5.41) is 14.9. The van der Waals surface area contributed by atoms with Crippen molar-refractivity contribution in [1.82, 2.24) is 10.6 Å². The molecule has 1 saturated heterocycles. The van der Waals surface area contributed by atoms with E-state index in [1.165, 1.54) is 0 Å². The Bertz CT molecular complexity index is 291. The van der Waals surface area contributed by atoms with E-state index in [1.54, 1.807) is 0 Å². The smallest absolute Gasteiger partial charge is 0.326 e. The van der Waals surface area contributed by atoms with Crippen molar-refractivity contribution >= 4 is 11.9 Å². The molecule has 0 bridgehead atoms. The van der Waals surface area contributed by atoms with E-state index in [0.29, 0.717) is 6.42 Å². The summed E-state index contributed by atoms with van der Waals surface area (Å²) < 4.78 is 0. The number of hydrogen-bond acceptors (Lipinski definition) is 3. The second kappa shape index (κ2) is 6.00. The zero-order chi connectivity index (χ0) is 13.0. The normalized spacial score (nSPS) is 25.9. The quantitative estimate of drug-likeness (QED) is 0.659. The maximum atomic E-state index is 11.9. The molecule has 0 radical (unpaired) electrons. The monoisotopic (exact) mass is 242 g/mol. The van der Waals surface area contributed by atoms with E-state index in [-0.39, 0.29) is 23.8 Å². The Hall–Kier alpha value is -1.10. The molecule has 1 amide bonds. The summed E-state index contributed by atoms with van der Waals surface area (Å²) in [5.74, 6) is -0.958. The van der Waals surface area contributed by atoms with E-state index >= 15 is 0 Å². The standard InChI is InChI=1S/C12H22N2O3/c1-7(2)6-10(12(16)17)14-11(15)9-4-5-13-8(9)3/h7-10,13H,4-6H2,1-3H3,(H,14,15)(H,16,17)/t8?,9?,10-/m0/s1. The van der Waals surface area contributed by atoms with Crippen molar-refractivity contribution in [3.8, 4) is 0 Å². The van der Waals surface area contributed by atoms with Crippen LogP contribution < -0.4 is 10.6 Å². The molecule has 17 heavy (non-hydrogen) atoms. The minimum absolute atomic E-state index is 0.107. The first-order valence-corrected chi connectivity index (χ1v) is 6.18. The molecular weight excluding hydrogens is 220 g/mol. The van der Waals surface area contributed by atoms with Crippen LogP contribution in [0.15, 0.2) is 0 Å². The van der Waals surface area contributed by atoms with Crippen LogP contribution in [0, 0.1) is 11.8 Å². The van der Waals surface area contributed by atoms with E-state index in [2.05, 4.69) is 10.6 Å². The van der Waals surface area contributed by atoms with Gasteiger partial charge < -0.3 is 15.7 Å². The lowest BCUT2D eigenvalue weighted by Crippen LogP contribution is -2.46. The lowest BCUT2D eigenvalue weighted by Gasteiger charge is -2.20. The van der Waals surface area contributed by atoms with Crippen molar-refractivity contribution in [3.05, 3.63) is 0 Å². The SMILES string of the molecule is CC(C)C[C@H](NC(=O)C1CCNC1C)C(=O)O. The number of rotatable bonds is 5. The van der Waals surface area contributed by atoms with Crippen molar-refractivity contribution in [2.75, 3.05) is 6.54 Å². The highest BCUT2D eigenvalue weighted by Gasteiger charge is 2.32. The topological polar surface area (TPSA) is 78.4 Å². The van der Waals surface area contributed by atoms with Crippen LogP contribution in [-0.2, 0) is 9.59 Å². The number of hydrogen-bond donors (Lipinski definition) is 3. The lowest BCUT2D eigenvalue weighted by atomic mass is 9.99. The number of carboxylic acid groups (broad SMARTS) is 1. The van der Waals surface area contributed by atoms with Crippen molar-refractivity contribution in [2.45, 2.75) is 45.7 Å². The fourth-order valence-corrected chi connectivity index (χ4v) is 2.19. The Morgan fingerprint density at radius 1 is 1.47 bits per heavy atom. The van der Waals surface area contributed by atoms with E-state index in [1.807, 2.05) is 20.8 Å². The van der Waals surface area contributed by atoms with Gasteiger partial charge in [-0.3, -0.25) is 4.79 Å². The molecule has 2 unspecified atom stereocenters. The van der Waals surface area contributed by atoms with Crippen molar-refractivity contribution < 1.29 is 14.7 Å². The Labute approximate surface area is 102 Å². The minimum Gasteiger partial charge on any atom is -0.480 e. The molecule has 1 fully saturated rings. The largest absolute Gasteiger partial charge is 0.480 e. The number of carbonyl (C=O) groups is 2. The number of carbonyl (C=O) groups excluding carboxylic acids is 1. The molecule has 1 heterocycles. The van der Waals surface area contributed by atoms with Gasteiger partial charge in [0.1, 0.15) is 6.04 Å². The van der Waals surface area contributed by atoms with Crippen molar-refractivity contribution in [1.29, 1.82) is 0 Å². The molecule has 0 aliphatic carbocycles. The third-order valence-corrected chi connectivity index (χ3v) is 3.18. The molecule has 0 aromatic rings. The third kappa shape index (κ3) is 4.00. The number of amides is 1. The summed E-state index contributed by atoms with van der Waals surface area (Å²) in [6, 6.07) is -0.640. The van der Waals surface area contributed by atoms with Crippen LogP contribution in [0.2, 0.25) is 0 Å². The predicted octanol–water partition coefficient (Wildman–Crippen LogP) is 0.600. The van der Waals surface area contributed by atoms with Gasteiger partial charge in [-0.1, -0.05) is 13.8 Å². The molecule has 5 heteroatoms. The number of carboxylic acids is 1. The molecule has 5 nitrogen and oxygen atoms in total. The molecule has 98 valence electrons. The molecule has 0 aromatic heterocycles. The molecule has 3 atom stereocenters. The van der Waals surface area contributed by atoms with Gasteiger partial charge in [0, 0.05) is 6.04 Å². The summed E-state index contributed by atoms with van der Waals surface area (Å²) in [5.41, 5.74) is 0. The summed E-state index contributed by atoms with van der Waals surface area (Å²) in [7, 11) is 0. The van der Waals surface area contributed by atoms with Crippen LogP contribution in [-0.4, -0.2) is 35.6 Å². The van der Waals surface area contributed by atoms with Gasteiger partial charge in [-0.15, -0.1) is 0 Å². The molecule has 0 aromatic carbocycles. The summed E-state index contributed by atoms with van der Waals surface area (Å²) >= 11 is 0. The van der Waals surface area contributed by atoms with Crippen molar-refractivity contribution in [3.63, 3.8) is 0 Å². The van der Waals surface area contributed by atoms with Crippen LogP contribution in [0.5, 0.6) is 0 Å². The molecule has 0 saturated carbocycles. The average Bonchev–Trinajstić information content (AvgIpc) is 2.62. The van der Waals surface area contributed by atoms with Gasteiger partial charge in [0.15, 0.2) is 0 Å². The first kappa shape index (κ1) is 14.0. The Morgan fingerprint density at radius 3 is 2.53 bits per heavy atom. The summed E-state index contributed by atoms with van der Waals surface area (Å²) in [4.78, 5) is 23.0. The Morgan fingerprint density at radius 2 is 2.12 bits per heavy atom. The Balaban J connectivity index is 2.54. The van der Waals surface area contributed by atoms with Gasteiger partial charge in [-0.25, -0.2) is 4.79 Å². The van der Waals surface area contributed by atoms with E-state index < -0.39 is 12.0 Å². The fraction of sp³-hybridized carbons (Fsp3) is 0.833. The first-order valence-electron chi connectivity index (χ1n) is 6.18. The molecular formula is C12H22N2O3. The maximum absolute atomic E-state index is 11.9. The van der Waals surface area contributed by atoms with Crippen LogP contribution in [0.1, 0.15) is 33.6 Å². The molecule has 1 aliphatic rings. The van der Waals surface area contributed by atoms with Crippen LogP contribution in [0.3, 0.4) is 0 Å². The highest BCUT2D eigenvalue weighted by Crippen LogP contribution is 2.16. The average molecular weight is 242 g/mol. The lowest BCUT2D eigenvalue weighted by molar-refractivity contribution is -0.143. The van der Waals surface area contributed by atoms with Crippen LogP contribution in [0.4, 0.5) is 0 Å². The van der Waals surface area contributed by atoms with Crippen LogP contribution >= 0.6 is 0 Å². The first-order chi connectivity index (χ1) is 7.91.